The van der Waals surface area contributed by atoms with E-state index in [0.29, 0.717) is 27.7 Å². The molecule has 1 amide bonds. The highest BCUT2D eigenvalue weighted by Gasteiger charge is 2.17. The number of nitrogens with zero attached hydrogens (tertiary/aromatic N) is 2. The smallest absolute Gasteiger partial charge is 0.238 e. The number of nitrogens with two attached hydrogens (primary N) is 1. The quantitative estimate of drug-likeness (QED) is 0.264. The largest absolute Gasteiger partial charge is 0.497 e. The van der Waals surface area contributed by atoms with Crippen molar-refractivity contribution in [3.8, 4) is 34.2 Å². The molecule has 0 bridgehead atoms. The number of hydrogen-bond acceptors (Lipinski definition) is 7. The lowest BCUT2D eigenvalue weighted by Gasteiger charge is -2.13. The Morgan fingerprint density at radius 2 is 1.67 bits per heavy atom. The number of rotatable bonds is 9. The third-order valence-corrected chi connectivity index (χ3v) is 7.79. The van der Waals surface area contributed by atoms with Gasteiger partial charge in [0.2, 0.25) is 15.9 Å². The van der Waals surface area contributed by atoms with Gasteiger partial charge in [0, 0.05) is 29.0 Å². The zero-order valence-corrected chi connectivity index (χ0v) is 23.0. The second kappa shape index (κ2) is 12.1. The first kappa shape index (κ1) is 27.9. The van der Waals surface area contributed by atoms with E-state index in [1.165, 1.54) is 36.0 Å². The number of primary sulfonamides is 1. The molecule has 1 heterocycles. The van der Waals surface area contributed by atoms with Crippen molar-refractivity contribution in [1.29, 1.82) is 5.26 Å². The third-order valence-electron chi connectivity index (χ3n) is 5.88. The number of benzene rings is 3. The van der Waals surface area contributed by atoms with Crippen molar-refractivity contribution in [2.24, 2.45) is 5.14 Å². The average Bonchev–Trinajstić information content (AvgIpc) is 2.93. The van der Waals surface area contributed by atoms with E-state index in [2.05, 4.69) is 11.4 Å². The second-order valence-corrected chi connectivity index (χ2v) is 11.3. The Labute approximate surface area is 231 Å². The Morgan fingerprint density at radius 1 is 1.03 bits per heavy atom. The number of aromatic nitrogens is 1. The molecule has 198 valence electrons. The molecule has 0 spiro atoms. The van der Waals surface area contributed by atoms with Crippen molar-refractivity contribution in [2.75, 3.05) is 18.2 Å². The Kier molecular flexibility index (Phi) is 8.66. The maximum atomic E-state index is 12.5. The summed E-state index contributed by atoms with van der Waals surface area (Å²) in [5.41, 5.74) is 5.25. The van der Waals surface area contributed by atoms with E-state index in [0.717, 1.165) is 28.0 Å². The SMILES string of the molecule is COc1ccc(-c2cc(-c3ccc(C)cc3)c(C#N)c(SCCC(=O)Nc3ccc(S(N)(=O)=O)cc3)n2)cc1. The number of hydrogen-bond donors (Lipinski definition) is 2. The Bertz CT molecular complexity index is 1630. The minimum absolute atomic E-state index is 0.0349. The molecule has 0 aliphatic heterocycles. The number of carbonyl (C=O) groups excluding carboxylic acids is 1. The van der Waals surface area contributed by atoms with Crippen LogP contribution in [0.2, 0.25) is 0 Å². The Balaban J connectivity index is 1.57. The average molecular weight is 559 g/mol. The Morgan fingerprint density at radius 3 is 2.26 bits per heavy atom. The molecule has 1 aromatic heterocycles. The third kappa shape index (κ3) is 7.03. The molecule has 0 saturated carbocycles. The lowest BCUT2D eigenvalue weighted by molar-refractivity contribution is -0.115. The van der Waals surface area contributed by atoms with Crippen molar-refractivity contribution in [3.63, 3.8) is 0 Å². The summed E-state index contributed by atoms with van der Waals surface area (Å²) in [7, 11) is -2.20. The van der Waals surface area contributed by atoms with E-state index in [-0.39, 0.29) is 17.2 Å². The van der Waals surface area contributed by atoms with E-state index in [1.807, 2.05) is 61.5 Å². The molecule has 0 fully saturated rings. The molecule has 0 radical (unpaired) electrons. The Hall–Kier alpha value is -4.17. The topological polar surface area (TPSA) is 135 Å². The monoisotopic (exact) mass is 558 g/mol. The number of aryl methyl sites for hydroxylation is 1. The molecule has 0 aliphatic carbocycles. The zero-order chi connectivity index (χ0) is 28.0. The predicted octanol–water partition coefficient (Wildman–Crippen LogP) is 5.37. The van der Waals surface area contributed by atoms with Gasteiger partial charge in [0.15, 0.2) is 0 Å². The van der Waals surface area contributed by atoms with Gasteiger partial charge in [-0.1, -0.05) is 29.8 Å². The second-order valence-electron chi connectivity index (χ2n) is 8.66. The van der Waals surface area contributed by atoms with Gasteiger partial charge in [0.05, 0.1) is 23.3 Å². The fourth-order valence-corrected chi connectivity index (χ4v) is 5.26. The number of methoxy groups -OCH3 is 1. The van der Waals surface area contributed by atoms with Gasteiger partial charge in [-0.3, -0.25) is 4.79 Å². The number of sulfonamides is 1. The van der Waals surface area contributed by atoms with Gasteiger partial charge in [-0.05, 0) is 67.1 Å². The molecule has 0 atom stereocenters. The maximum Gasteiger partial charge on any atom is 0.238 e. The van der Waals surface area contributed by atoms with Gasteiger partial charge in [-0.2, -0.15) is 5.26 Å². The van der Waals surface area contributed by atoms with E-state index < -0.39 is 10.0 Å². The summed E-state index contributed by atoms with van der Waals surface area (Å²) in [6, 6.07) is 25.3. The first-order valence-corrected chi connectivity index (χ1v) is 14.4. The first-order valence-electron chi connectivity index (χ1n) is 11.9. The van der Waals surface area contributed by atoms with Crippen LogP contribution in [-0.4, -0.2) is 32.2 Å². The molecule has 39 heavy (non-hydrogen) atoms. The van der Waals surface area contributed by atoms with Crippen LogP contribution in [0.15, 0.2) is 88.8 Å². The fourth-order valence-electron chi connectivity index (χ4n) is 3.80. The minimum Gasteiger partial charge on any atom is -0.497 e. The molecular weight excluding hydrogens is 532 g/mol. The van der Waals surface area contributed by atoms with Crippen molar-refractivity contribution in [2.45, 2.75) is 23.3 Å². The number of carbonyl (C=O) groups is 1. The molecule has 10 heteroatoms. The van der Waals surface area contributed by atoms with Crippen LogP contribution in [0.1, 0.15) is 17.5 Å². The van der Waals surface area contributed by atoms with Crippen molar-refractivity contribution in [1.82, 2.24) is 4.98 Å². The van der Waals surface area contributed by atoms with Gasteiger partial charge in [0.25, 0.3) is 0 Å². The number of ether oxygens (including phenoxy) is 1. The molecule has 8 nitrogen and oxygen atoms in total. The van der Waals surface area contributed by atoms with Crippen LogP contribution in [-0.2, 0) is 14.8 Å². The molecule has 4 rings (SSSR count). The number of thioether (sulfide) groups is 1. The summed E-state index contributed by atoms with van der Waals surface area (Å²) >= 11 is 1.33. The molecule has 0 aliphatic rings. The van der Waals surface area contributed by atoms with Gasteiger partial charge in [-0.15, -0.1) is 11.8 Å². The molecule has 3 aromatic carbocycles. The van der Waals surface area contributed by atoms with Crippen LogP contribution in [0.25, 0.3) is 22.4 Å². The summed E-state index contributed by atoms with van der Waals surface area (Å²) in [6.45, 7) is 2.01. The van der Waals surface area contributed by atoms with Crippen molar-refractivity contribution >= 4 is 33.4 Å². The molecular formula is C29H26N4O4S2. The lowest BCUT2D eigenvalue weighted by Crippen LogP contribution is -2.14. The van der Waals surface area contributed by atoms with Gasteiger partial charge < -0.3 is 10.1 Å². The van der Waals surface area contributed by atoms with Crippen LogP contribution in [0.3, 0.4) is 0 Å². The fraction of sp³-hybridized carbons (Fsp3) is 0.138. The maximum absolute atomic E-state index is 12.5. The van der Waals surface area contributed by atoms with Gasteiger partial charge in [-0.25, -0.2) is 18.5 Å². The van der Waals surface area contributed by atoms with Crippen LogP contribution in [0.5, 0.6) is 5.75 Å². The van der Waals surface area contributed by atoms with E-state index >= 15 is 0 Å². The molecule has 0 saturated heterocycles. The van der Waals surface area contributed by atoms with E-state index in [1.54, 1.807) is 7.11 Å². The highest BCUT2D eigenvalue weighted by atomic mass is 32.2. The van der Waals surface area contributed by atoms with Crippen LogP contribution in [0, 0.1) is 18.3 Å². The number of nitrogens with one attached hydrogen (secondary N) is 1. The molecule has 4 aromatic rings. The van der Waals surface area contributed by atoms with Crippen LogP contribution >= 0.6 is 11.8 Å². The molecule has 3 N–H and O–H groups in total. The van der Waals surface area contributed by atoms with Crippen molar-refractivity contribution in [3.05, 3.63) is 90.0 Å². The highest BCUT2D eigenvalue weighted by Crippen LogP contribution is 2.35. The van der Waals surface area contributed by atoms with E-state index in [4.69, 9.17) is 14.9 Å². The number of nitriles is 1. The lowest BCUT2D eigenvalue weighted by atomic mass is 9.98. The number of anilines is 1. The van der Waals surface area contributed by atoms with Crippen LogP contribution < -0.4 is 15.2 Å². The summed E-state index contributed by atoms with van der Waals surface area (Å²) in [5.74, 6) is 0.850. The number of amides is 1. The minimum atomic E-state index is -3.81. The summed E-state index contributed by atoms with van der Waals surface area (Å²) in [5, 5.41) is 18.5. The summed E-state index contributed by atoms with van der Waals surface area (Å²) in [4.78, 5) is 17.3. The van der Waals surface area contributed by atoms with Crippen LogP contribution in [0.4, 0.5) is 5.69 Å². The van der Waals surface area contributed by atoms with Gasteiger partial charge >= 0.3 is 0 Å². The van der Waals surface area contributed by atoms with Gasteiger partial charge in [0.1, 0.15) is 16.8 Å². The predicted molar refractivity (Wildman–Crippen MR) is 153 cm³/mol. The van der Waals surface area contributed by atoms with E-state index in [9.17, 15) is 18.5 Å². The number of pyridine rings is 1. The first-order chi connectivity index (χ1) is 18.7. The highest BCUT2D eigenvalue weighted by molar-refractivity contribution is 7.99. The zero-order valence-electron chi connectivity index (χ0n) is 21.3. The normalized spacial score (nSPS) is 11.0. The molecule has 0 unspecified atom stereocenters. The summed E-state index contributed by atoms with van der Waals surface area (Å²) < 4.78 is 28.1. The standard InChI is InChI=1S/C29H26N4O4S2/c1-19-3-5-20(6-4-19)25-17-27(21-7-11-23(37-2)12-8-21)33-29(26(25)18-30)38-16-15-28(34)32-22-9-13-24(14-10-22)39(31,35)36/h3-14,17H,15-16H2,1-2H3,(H,32,34)(H2,31,35,36). The van der Waals surface area contributed by atoms with Crippen molar-refractivity contribution < 1.29 is 17.9 Å². The summed E-state index contributed by atoms with van der Waals surface area (Å²) in [6.07, 6.45) is 0.154.